The molecule has 3 rings (SSSR count). The predicted molar refractivity (Wildman–Crippen MR) is 128 cm³/mol. The summed E-state index contributed by atoms with van der Waals surface area (Å²) in [4.78, 5) is 26.9. The van der Waals surface area contributed by atoms with Crippen LogP contribution in [0.2, 0.25) is 0 Å². The Morgan fingerprint density at radius 3 is 2.25 bits per heavy atom. The minimum atomic E-state index is -3.72. The Morgan fingerprint density at radius 1 is 0.906 bits per heavy atom. The molecule has 0 fully saturated rings. The summed E-state index contributed by atoms with van der Waals surface area (Å²) in [5.41, 5.74) is 3.21. The van der Waals surface area contributed by atoms with E-state index in [9.17, 15) is 18.0 Å². The molecule has 0 radical (unpaired) electrons. The summed E-state index contributed by atoms with van der Waals surface area (Å²) >= 11 is 0. The number of aryl methyl sites for hydroxylation is 1. The molecule has 1 N–H and O–H groups in total. The second-order valence-corrected chi connectivity index (χ2v) is 9.60. The van der Waals surface area contributed by atoms with Gasteiger partial charge in [-0.25, -0.2) is 8.42 Å². The summed E-state index contributed by atoms with van der Waals surface area (Å²) < 4.78 is 25.2. The van der Waals surface area contributed by atoms with Gasteiger partial charge < -0.3 is 10.2 Å². The van der Waals surface area contributed by atoms with E-state index in [4.69, 9.17) is 0 Å². The molecular weight excluding hydrogens is 424 g/mol. The number of hydrogen-bond acceptors (Lipinski definition) is 4. The van der Waals surface area contributed by atoms with Crippen molar-refractivity contribution in [3.05, 3.63) is 95.6 Å². The van der Waals surface area contributed by atoms with E-state index in [1.165, 1.54) is 0 Å². The molecule has 3 aromatic rings. The van der Waals surface area contributed by atoms with Gasteiger partial charge in [-0.05, 0) is 55.8 Å². The Morgan fingerprint density at radius 2 is 1.59 bits per heavy atom. The molecule has 0 atom stereocenters. The lowest BCUT2D eigenvalue weighted by Crippen LogP contribution is -2.30. The van der Waals surface area contributed by atoms with Crippen LogP contribution in [0.5, 0.6) is 0 Å². The maximum absolute atomic E-state index is 13.0. The highest BCUT2D eigenvalue weighted by Crippen LogP contribution is 2.18. The number of nitrogens with one attached hydrogen (secondary N) is 1. The summed E-state index contributed by atoms with van der Waals surface area (Å²) in [5.74, 6) is -1.77. The molecular formula is C25H26N2O4S. The van der Waals surface area contributed by atoms with Crippen LogP contribution in [0.25, 0.3) is 0 Å². The molecule has 0 aliphatic carbocycles. The first-order valence-corrected chi connectivity index (χ1v) is 12.1. The van der Waals surface area contributed by atoms with Crippen molar-refractivity contribution >= 4 is 33.0 Å². The van der Waals surface area contributed by atoms with Gasteiger partial charge in [-0.1, -0.05) is 48.0 Å². The summed E-state index contributed by atoms with van der Waals surface area (Å²) in [7, 11) is -3.72. The van der Waals surface area contributed by atoms with Crippen LogP contribution in [0.4, 0.5) is 11.4 Å². The van der Waals surface area contributed by atoms with Gasteiger partial charge in [0, 0.05) is 23.5 Å². The highest BCUT2D eigenvalue weighted by atomic mass is 32.2. The number of hydrogen-bond donors (Lipinski definition) is 1. The zero-order valence-electron chi connectivity index (χ0n) is 18.1. The number of nitrogens with zero attached hydrogens (tertiary/aromatic N) is 1. The van der Waals surface area contributed by atoms with Crippen LogP contribution < -0.4 is 10.2 Å². The number of rotatable bonds is 8. The van der Waals surface area contributed by atoms with Crippen molar-refractivity contribution in [3.8, 4) is 0 Å². The topological polar surface area (TPSA) is 83.6 Å². The number of anilines is 2. The molecule has 2 amide bonds. The first kappa shape index (κ1) is 23.2. The van der Waals surface area contributed by atoms with Crippen molar-refractivity contribution in [2.45, 2.75) is 19.6 Å². The van der Waals surface area contributed by atoms with Gasteiger partial charge >= 0.3 is 0 Å². The monoisotopic (exact) mass is 450 g/mol. The first-order valence-electron chi connectivity index (χ1n) is 10.3. The van der Waals surface area contributed by atoms with Crippen molar-refractivity contribution in [2.24, 2.45) is 0 Å². The van der Waals surface area contributed by atoms with Crippen LogP contribution in [0.3, 0.4) is 0 Å². The number of amides is 2. The van der Waals surface area contributed by atoms with Crippen LogP contribution in [0.15, 0.2) is 78.9 Å². The fraction of sp³-hybridized carbons (Fsp3) is 0.200. The number of para-hydroxylation sites is 1. The standard InChI is InChI=1S/C25H26N2O4S/c1-3-27(23-10-5-4-6-11-23)25(29)21-9-7-8-20(16-21)17-32(30,31)18-24(28)26-22-14-12-19(2)13-15-22/h4-16H,3,17-18H2,1-2H3,(H,26,28). The quantitative estimate of drug-likeness (QED) is 0.557. The summed E-state index contributed by atoms with van der Waals surface area (Å²) in [5, 5.41) is 2.60. The van der Waals surface area contributed by atoms with Crippen molar-refractivity contribution in [1.82, 2.24) is 0 Å². The minimum Gasteiger partial charge on any atom is -0.325 e. The maximum atomic E-state index is 13.0. The minimum absolute atomic E-state index is 0.213. The van der Waals surface area contributed by atoms with E-state index in [2.05, 4.69) is 5.32 Å². The van der Waals surface area contributed by atoms with Gasteiger partial charge in [-0.2, -0.15) is 0 Å². The van der Waals surface area contributed by atoms with E-state index < -0.39 is 21.5 Å². The molecule has 7 heteroatoms. The Balaban J connectivity index is 1.69. The number of benzene rings is 3. The van der Waals surface area contributed by atoms with Crippen LogP contribution in [0, 0.1) is 6.92 Å². The smallest absolute Gasteiger partial charge is 0.258 e. The predicted octanol–water partition coefficient (Wildman–Crippen LogP) is 4.22. The second-order valence-electron chi connectivity index (χ2n) is 7.53. The molecule has 0 aliphatic heterocycles. The summed E-state index contributed by atoms with van der Waals surface area (Å²) in [6.45, 7) is 4.28. The Hall–Kier alpha value is -3.45. The summed E-state index contributed by atoms with van der Waals surface area (Å²) in [6, 6.07) is 22.9. The zero-order chi connectivity index (χ0) is 23.1. The molecule has 0 bridgehead atoms. The van der Waals surface area contributed by atoms with Gasteiger partial charge in [0.15, 0.2) is 9.84 Å². The number of carbonyl (C=O) groups is 2. The normalized spacial score (nSPS) is 11.1. The van der Waals surface area contributed by atoms with Gasteiger partial charge in [-0.3, -0.25) is 9.59 Å². The lowest BCUT2D eigenvalue weighted by molar-refractivity contribution is -0.113. The van der Waals surface area contributed by atoms with Crippen LogP contribution in [-0.4, -0.2) is 32.5 Å². The highest BCUT2D eigenvalue weighted by molar-refractivity contribution is 7.91. The lowest BCUT2D eigenvalue weighted by atomic mass is 10.1. The zero-order valence-corrected chi connectivity index (χ0v) is 18.9. The van der Waals surface area contributed by atoms with E-state index in [1.807, 2.05) is 56.3 Å². The molecule has 0 heterocycles. The van der Waals surface area contributed by atoms with E-state index in [0.29, 0.717) is 23.4 Å². The largest absolute Gasteiger partial charge is 0.325 e. The average molecular weight is 451 g/mol. The van der Waals surface area contributed by atoms with Crippen LogP contribution in [-0.2, 0) is 20.4 Å². The molecule has 6 nitrogen and oxygen atoms in total. The fourth-order valence-electron chi connectivity index (χ4n) is 3.34. The molecule has 0 saturated carbocycles. The average Bonchev–Trinajstić information content (AvgIpc) is 2.76. The molecule has 0 spiro atoms. The third-order valence-electron chi connectivity index (χ3n) is 4.88. The van der Waals surface area contributed by atoms with Crippen molar-refractivity contribution in [2.75, 3.05) is 22.5 Å². The number of sulfone groups is 1. The Labute approximate surface area is 188 Å². The molecule has 0 aromatic heterocycles. The molecule has 0 aliphatic rings. The second kappa shape index (κ2) is 10.2. The first-order chi connectivity index (χ1) is 15.3. The number of carbonyl (C=O) groups excluding carboxylic acids is 2. The van der Waals surface area contributed by atoms with E-state index in [-0.39, 0.29) is 11.7 Å². The maximum Gasteiger partial charge on any atom is 0.258 e. The van der Waals surface area contributed by atoms with Crippen molar-refractivity contribution < 1.29 is 18.0 Å². The highest BCUT2D eigenvalue weighted by Gasteiger charge is 2.20. The summed E-state index contributed by atoms with van der Waals surface area (Å²) in [6.07, 6.45) is 0. The fourth-order valence-corrected chi connectivity index (χ4v) is 4.60. The Kier molecular flexibility index (Phi) is 7.43. The lowest BCUT2D eigenvalue weighted by Gasteiger charge is -2.21. The van der Waals surface area contributed by atoms with Gasteiger partial charge in [0.1, 0.15) is 5.75 Å². The van der Waals surface area contributed by atoms with Crippen LogP contribution >= 0.6 is 0 Å². The third kappa shape index (κ3) is 6.28. The third-order valence-corrected chi connectivity index (χ3v) is 6.35. The molecule has 166 valence electrons. The van der Waals surface area contributed by atoms with E-state index in [1.54, 1.807) is 41.3 Å². The van der Waals surface area contributed by atoms with E-state index >= 15 is 0 Å². The molecule has 32 heavy (non-hydrogen) atoms. The molecule has 0 unspecified atom stereocenters. The van der Waals surface area contributed by atoms with Gasteiger partial charge in [-0.15, -0.1) is 0 Å². The molecule has 0 saturated heterocycles. The molecule has 3 aromatic carbocycles. The van der Waals surface area contributed by atoms with Crippen molar-refractivity contribution in [1.29, 1.82) is 0 Å². The Bertz CT molecular complexity index is 1190. The van der Waals surface area contributed by atoms with E-state index in [0.717, 1.165) is 11.3 Å². The van der Waals surface area contributed by atoms with Gasteiger partial charge in [0.05, 0.1) is 5.75 Å². The van der Waals surface area contributed by atoms with Gasteiger partial charge in [0.25, 0.3) is 5.91 Å². The van der Waals surface area contributed by atoms with Crippen LogP contribution in [0.1, 0.15) is 28.4 Å². The van der Waals surface area contributed by atoms with Crippen molar-refractivity contribution in [3.63, 3.8) is 0 Å². The van der Waals surface area contributed by atoms with Gasteiger partial charge in [0.2, 0.25) is 5.91 Å². The SMILES string of the molecule is CCN(C(=O)c1cccc(CS(=O)(=O)CC(=O)Nc2ccc(C)cc2)c1)c1ccccc1.